The molecular formula is C23H27ClN2O2S. The van der Waals surface area contributed by atoms with E-state index in [9.17, 15) is 4.21 Å². The van der Waals surface area contributed by atoms with Crippen LogP contribution >= 0.6 is 11.6 Å². The van der Waals surface area contributed by atoms with E-state index in [-0.39, 0.29) is 0 Å². The Morgan fingerprint density at radius 2 is 2.00 bits per heavy atom. The lowest BCUT2D eigenvalue weighted by Crippen LogP contribution is -2.33. The molecule has 4 nitrogen and oxygen atoms in total. The Balaban J connectivity index is 1.55. The zero-order valence-electron chi connectivity index (χ0n) is 17.1. The van der Waals surface area contributed by atoms with Crippen molar-refractivity contribution in [1.29, 1.82) is 5.26 Å². The molecule has 6 heteroatoms. The molecule has 0 bridgehead atoms. The SMILES string of the molecule is CC(Cc1cc(Cl)cc(C#N)c1)N1C[C@@H](COc2ccc(S(C)=O)cc2)[C@H](C)C1. The molecule has 29 heavy (non-hydrogen) atoms. The summed E-state index contributed by atoms with van der Waals surface area (Å²) >= 11 is 6.15. The topological polar surface area (TPSA) is 53.3 Å². The van der Waals surface area contributed by atoms with E-state index >= 15 is 0 Å². The van der Waals surface area contributed by atoms with Crippen molar-refractivity contribution in [2.75, 3.05) is 26.0 Å². The van der Waals surface area contributed by atoms with E-state index < -0.39 is 10.8 Å². The summed E-state index contributed by atoms with van der Waals surface area (Å²) in [6.45, 7) is 7.21. The number of nitriles is 1. The van der Waals surface area contributed by atoms with Crippen molar-refractivity contribution in [3.8, 4) is 11.8 Å². The van der Waals surface area contributed by atoms with Crippen LogP contribution in [0, 0.1) is 23.2 Å². The highest BCUT2D eigenvalue weighted by atomic mass is 35.5. The first-order valence-corrected chi connectivity index (χ1v) is 11.8. The third-order valence-electron chi connectivity index (χ3n) is 5.66. The monoisotopic (exact) mass is 430 g/mol. The summed E-state index contributed by atoms with van der Waals surface area (Å²) in [5, 5.41) is 9.76. The average molecular weight is 431 g/mol. The number of hydrogen-bond donors (Lipinski definition) is 0. The Morgan fingerprint density at radius 1 is 1.28 bits per heavy atom. The van der Waals surface area contributed by atoms with Crippen LogP contribution in [0.5, 0.6) is 5.75 Å². The van der Waals surface area contributed by atoms with Crippen molar-refractivity contribution in [2.24, 2.45) is 11.8 Å². The molecule has 2 aromatic rings. The summed E-state index contributed by atoms with van der Waals surface area (Å²) in [6.07, 6.45) is 2.54. The lowest BCUT2D eigenvalue weighted by Gasteiger charge is -2.24. The lowest BCUT2D eigenvalue weighted by atomic mass is 9.99. The largest absolute Gasteiger partial charge is 0.493 e. The summed E-state index contributed by atoms with van der Waals surface area (Å²) in [7, 11) is -0.968. The fourth-order valence-electron chi connectivity index (χ4n) is 3.89. The van der Waals surface area contributed by atoms with Crippen LogP contribution in [-0.2, 0) is 17.2 Å². The van der Waals surface area contributed by atoms with E-state index in [1.165, 1.54) is 0 Å². The molecule has 1 fully saturated rings. The van der Waals surface area contributed by atoms with Crippen molar-refractivity contribution in [2.45, 2.75) is 31.2 Å². The Hall–Kier alpha value is -1.87. The number of ether oxygens (including phenoxy) is 1. The molecule has 0 saturated carbocycles. The number of benzene rings is 2. The Kier molecular flexibility index (Phi) is 7.34. The molecule has 1 saturated heterocycles. The van der Waals surface area contributed by atoms with Crippen molar-refractivity contribution in [3.05, 3.63) is 58.6 Å². The van der Waals surface area contributed by atoms with Gasteiger partial charge in [0.05, 0.1) is 18.2 Å². The van der Waals surface area contributed by atoms with E-state index in [0.29, 0.717) is 35.1 Å². The van der Waals surface area contributed by atoms with Gasteiger partial charge in [-0.2, -0.15) is 5.26 Å². The smallest absolute Gasteiger partial charge is 0.119 e. The van der Waals surface area contributed by atoms with Gasteiger partial charge in [0.15, 0.2) is 0 Å². The van der Waals surface area contributed by atoms with Crippen LogP contribution in [0.3, 0.4) is 0 Å². The number of hydrogen-bond acceptors (Lipinski definition) is 4. The van der Waals surface area contributed by atoms with E-state index in [4.69, 9.17) is 21.6 Å². The molecule has 0 spiro atoms. The number of rotatable bonds is 7. The van der Waals surface area contributed by atoms with Crippen LogP contribution < -0.4 is 4.74 Å². The maximum Gasteiger partial charge on any atom is 0.119 e. The van der Waals surface area contributed by atoms with Crippen LogP contribution in [0.1, 0.15) is 25.0 Å². The first kappa shape index (κ1) is 21.8. The summed E-state index contributed by atoms with van der Waals surface area (Å²) in [5.74, 6) is 1.83. The van der Waals surface area contributed by atoms with Gasteiger partial charge in [-0.15, -0.1) is 0 Å². The molecule has 4 atom stereocenters. The third kappa shape index (κ3) is 5.82. The van der Waals surface area contributed by atoms with Gasteiger partial charge in [-0.1, -0.05) is 18.5 Å². The first-order valence-electron chi connectivity index (χ1n) is 9.85. The fourth-order valence-corrected chi connectivity index (χ4v) is 4.66. The molecule has 0 aromatic heterocycles. The third-order valence-corrected chi connectivity index (χ3v) is 6.81. The van der Waals surface area contributed by atoms with Gasteiger partial charge in [-0.3, -0.25) is 9.11 Å². The Bertz CT molecular complexity index is 910. The summed E-state index contributed by atoms with van der Waals surface area (Å²) in [4.78, 5) is 3.31. The van der Waals surface area contributed by atoms with Crippen molar-refractivity contribution >= 4 is 22.4 Å². The van der Waals surface area contributed by atoms with Gasteiger partial charge in [0, 0.05) is 52.0 Å². The quantitative estimate of drug-likeness (QED) is 0.647. The van der Waals surface area contributed by atoms with E-state index in [2.05, 4.69) is 24.8 Å². The molecular weight excluding hydrogens is 404 g/mol. The van der Waals surface area contributed by atoms with Gasteiger partial charge in [0.1, 0.15) is 5.75 Å². The Morgan fingerprint density at radius 3 is 2.66 bits per heavy atom. The van der Waals surface area contributed by atoms with Gasteiger partial charge in [-0.05, 0) is 67.3 Å². The minimum absolute atomic E-state index is 0.367. The zero-order valence-corrected chi connectivity index (χ0v) is 18.7. The fraction of sp³-hybridized carbons (Fsp3) is 0.435. The van der Waals surface area contributed by atoms with Crippen LogP contribution in [0.15, 0.2) is 47.4 Å². The van der Waals surface area contributed by atoms with E-state index in [1.54, 1.807) is 12.3 Å². The minimum atomic E-state index is -0.968. The minimum Gasteiger partial charge on any atom is -0.493 e. The zero-order chi connectivity index (χ0) is 21.0. The average Bonchev–Trinajstić information content (AvgIpc) is 3.07. The molecule has 1 aliphatic rings. The molecule has 3 rings (SSSR count). The first-order chi connectivity index (χ1) is 13.9. The highest BCUT2D eigenvalue weighted by molar-refractivity contribution is 7.84. The molecule has 0 aliphatic carbocycles. The van der Waals surface area contributed by atoms with E-state index in [1.807, 2.05) is 36.4 Å². The van der Waals surface area contributed by atoms with Gasteiger partial charge < -0.3 is 4.74 Å². The molecule has 2 unspecified atom stereocenters. The summed E-state index contributed by atoms with van der Waals surface area (Å²) in [6, 6.07) is 15.6. The predicted octanol–water partition coefficient (Wildman–Crippen LogP) is 4.53. The summed E-state index contributed by atoms with van der Waals surface area (Å²) < 4.78 is 17.5. The molecule has 2 aromatic carbocycles. The molecule has 1 heterocycles. The second kappa shape index (κ2) is 9.75. The number of nitrogens with zero attached hydrogens (tertiary/aromatic N) is 2. The molecule has 154 valence electrons. The van der Waals surface area contributed by atoms with Crippen LogP contribution in [0.25, 0.3) is 0 Å². The van der Waals surface area contributed by atoms with Crippen LogP contribution in [-0.4, -0.2) is 41.1 Å². The van der Waals surface area contributed by atoms with Crippen molar-refractivity contribution in [1.82, 2.24) is 4.90 Å². The van der Waals surface area contributed by atoms with Gasteiger partial charge >= 0.3 is 0 Å². The van der Waals surface area contributed by atoms with Crippen molar-refractivity contribution < 1.29 is 8.95 Å². The molecule has 0 N–H and O–H groups in total. The van der Waals surface area contributed by atoms with Gasteiger partial charge in [-0.25, -0.2) is 0 Å². The standard InChI is InChI=1S/C23H27ClN2O2S/c1-16-13-26(17(2)8-18-9-19(12-25)11-21(24)10-18)14-20(16)15-28-22-4-6-23(7-5-22)29(3)27/h4-7,9-11,16-17,20H,8,13-15H2,1-3H3/t16-,17?,20+,29?/m1/s1. The molecule has 1 aliphatic heterocycles. The van der Waals surface area contributed by atoms with Gasteiger partial charge in [0.2, 0.25) is 0 Å². The van der Waals surface area contributed by atoms with E-state index in [0.717, 1.165) is 35.7 Å². The maximum absolute atomic E-state index is 11.5. The van der Waals surface area contributed by atoms with Gasteiger partial charge in [0.25, 0.3) is 0 Å². The second-order valence-corrected chi connectivity index (χ2v) is 9.76. The highest BCUT2D eigenvalue weighted by Gasteiger charge is 2.32. The molecule has 0 amide bonds. The summed E-state index contributed by atoms with van der Waals surface area (Å²) in [5.41, 5.74) is 1.71. The molecule has 0 radical (unpaired) electrons. The normalized spacial score (nSPS) is 21.5. The number of halogens is 1. The second-order valence-electron chi connectivity index (χ2n) is 7.94. The predicted molar refractivity (Wildman–Crippen MR) is 118 cm³/mol. The number of likely N-dealkylation sites (tertiary alicyclic amines) is 1. The van der Waals surface area contributed by atoms with Crippen molar-refractivity contribution in [3.63, 3.8) is 0 Å². The Labute approximate surface area is 180 Å². The van der Waals surface area contributed by atoms with Crippen LogP contribution in [0.4, 0.5) is 0 Å². The highest BCUT2D eigenvalue weighted by Crippen LogP contribution is 2.27. The lowest BCUT2D eigenvalue weighted by molar-refractivity contribution is 0.211. The van der Waals surface area contributed by atoms with Crippen LogP contribution in [0.2, 0.25) is 5.02 Å². The maximum atomic E-state index is 11.5.